The lowest BCUT2D eigenvalue weighted by molar-refractivity contribution is 0.669. The van der Waals surface area contributed by atoms with Gasteiger partial charge in [-0.3, -0.25) is 0 Å². The fraction of sp³-hybridized carbons (Fsp3) is 0. The van der Waals surface area contributed by atoms with Gasteiger partial charge in [-0.1, -0.05) is 158 Å². The molecule has 11 rings (SSSR count). The summed E-state index contributed by atoms with van der Waals surface area (Å²) in [6.07, 6.45) is 0. The zero-order valence-corrected chi connectivity index (χ0v) is 27.7. The molecule has 0 atom stereocenters. The van der Waals surface area contributed by atoms with Gasteiger partial charge in [0.05, 0.1) is 0 Å². The number of hydrogen-bond acceptors (Lipinski definition) is 1. The van der Waals surface area contributed by atoms with Crippen LogP contribution in [0.2, 0.25) is 0 Å². The summed E-state index contributed by atoms with van der Waals surface area (Å²) in [7, 11) is 0. The summed E-state index contributed by atoms with van der Waals surface area (Å²) in [5, 5.41) is 12.4. The molecule has 0 radical (unpaired) electrons. The topological polar surface area (TPSA) is 13.1 Å². The first kappa shape index (κ1) is 28.2. The van der Waals surface area contributed by atoms with E-state index in [0.29, 0.717) is 0 Å². The maximum atomic E-state index is 6.29. The van der Waals surface area contributed by atoms with E-state index in [2.05, 4.69) is 182 Å². The molecule has 11 aromatic rings. The van der Waals surface area contributed by atoms with Crippen molar-refractivity contribution in [1.82, 2.24) is 0 Å². The van der Waals surface area contributed by atoms with Crippen molar-refractivity contribution in [2.75, 3.05) is 0 Å². The molecule has 51 heavy (non-hydrogen) atoms. The fourth-order valence-electron chi connectivity index (χ4n) is 8.49. The summed E-state index contributed by atoms with van der Waals surface area (Å²) in [6, 6.07) is 66.4. The highest BCUT2D eigenvalue weighted by atomic mass is 16.3. The van der Waals surface area contributed by atoms with E-state index in [4.69, 9.17) is 4.42 Å². The zero-order valence-electron chi connectivity index (χ0n) is 27.7. The van der Waals surface area contributed by atoms with Crippen LogP contribution >= 0.6 is 0 Å². The first-order chi connectivity index (χ1) is 25.3. The van der Waals surface area contributed by atoms with Crippen molar-refractivity contribution < 1.29 is 4.42 Å². The third-order valence-electron chi connectivity index (χ3n) is 10.8. The smallest absolute Gasteiger partial charge is 0.136 e. The van der Waals surface area contributed by atoms with E-state index in [1.54, 1.807) is 0 Å². The zero-order chi connectivity index (χ0) is 33.5. The van der Waals surface area contributed by atoms with Crippen LogP contribution in [-0.2, 0) is 0 Å². The Kier molecular flexibility index (Phi) is 6.02. The van der Waals surface area contributed by atoms with Crippen molar-refractivity contribution >= 4 is 65.0 Å². The van der Waals surface area contributed by atoms with Crippen LogP contribution in [0.5, 0.6) is 0 Å². The SMILES string of the molecule is c1cc(-c2c3ccccc3c(-c3ccc(-c4ccc5ccccc5c4)cc3)c3ccccc23)cc(-c2ccc3oc4cccc5ccc2c3c54)c1. The molecule has 0 aliphatic rings. The first-order valence-corrected chi connectivity index (χ1v) is 17.6. The average Bonchev–Trinajstić information content (AvgIpc) is 3.59. The first-order valence-electron chi connectivity index (χ1n) is 17.6. The maximum absolute atomic E-state index is 6.29. The lowest BCUT2D eigenvalue weighted by atomic mass is 9.85. The summed E-state index contributed by atoms with van der Waals surface area (Å²) < 4.78 is 6.29. The van der Waals surface area contributed by atoms with Gasteiger partial charge in [-0.05, 0) is 112 Å². The third-order valence-corrected chi connectivity index (χ3v) is 10.8. The highest BCUT2D eigenvalue weighted by Crippen LogP contribution is 2.46. The minimum absolute atomic E-state index is 0.939. The summed E-state index contributed by atoms with van der Waals surface area (Å²) >= 11 is 0. The van der Waals surface area contributed by atoms with Crippen LogP contribution in [0.4, 0.5) is 0 Å². The van der Waals surface area contributed by atoms with Crippen molar-refractivity contribution in [2.24, 2.45) is 0 Å². The minimum Gasteiger partial charge on any atom is -0.456 e. The Bertz CT molecular complexity index is 3070. The minimum atomic E-state index is 0.939. The second-order valence-electron chi connectivity index (χ2n) is 13.6. The Labute approximate surface area is 295 Å². The molecular formula is C50H30O. The van der Waals surface area contributed by atoms with Gasteiger partial charge < -0.3 is 4.42 Å². The largest absolute Gasteiger partial charge is 0.456 e. The lowest BCUT2D eigenvalue weighted by Gasteiger charge is -2.18. The van der Waals surface area contributed by atoms with Crippen LogP contribution in [0, 0.1) is 0 Å². The van der Waals surface area contributed by atoms with E-state index in [-0.39, 0.29) is 0 Å². The standard InChI is InChI=1S/C50H30O/c1-2-10-35-29-36(24-21-31(35)9-1)32-19-22-34(23-20-32)47-40-14-3-5-16-42(40)48(43-17-6-4-15-41(43)47)38-13-7-12-37(30-38)39-27-28-46-50-44(39)26-25-33-11-8-18-45(51-46)49(33)50/h1-30H. The summed E-state index contributed by atoms with van der Waals surface area (Å²) in [5.74, 6) is 0. The van der Waals surface area contributed by atoms with Gasteiger partial charge in [0.25, 0.3) is 0 Å². The van der Waals surface area contributed by atoms with Gasteiger partial charge >= 0.3 is 0 Å². The van der Waals surface area contributed by atoms with E-state index in [1.807, 2.05) is 0 Å². The molecule has 0 bridgehead atoms. The van der Waals surface area contributed by atoms with Gasteiger partial charge in [-0.2, -0.15) is 0 Å². The van der Waals surface area contributed by atoms with Gasteiger partial charge in [0.15, 0.2) is 0 Å². The monoisotopic (exact) mass is 646 g/mol. The summed E-state index contributed by atoms with van der Waals surface area (Å²) in [5.41, 5.74) is 11.7. The Morgan fingerprint density at radius 3 is 1.61 bits per heavy atom. The van der Waals surface area contributed by atoms with Crippen molar-refractivity contribution in [3.63, 3.8) is 0 Å². The Hall–Kier alpha value is -6.70. The van der Waals surface area contributed by atoms with Gasteiger partial charge in [-0.25, -0.2) is 0 Å². The van der Waals surface area contributed by atoms with E-state index < -0.39 is 0 Å². The molecule has 1 heterocycles. The lowest BCUT2D eigenvalue weighted by Crippen LogP contribution is -1.91. The van der Waals surface area contributed by atoms with Crippen LogP contribution in [0.25, 0.3) is 110 Å². The van der Waals surface area contributed by atoms with Crippen LogP contribution in [0.1, 0.15) is 0 Å². The Balaban J connectivity index is 1.08. The molecular weight excluding hydrogens is 617 g/mol. The van der Waals surface area contributed by atoms with Crippen LogP contribution < -0.4 is 0 Å². The molecule has 1 nitrogen and oxygen atoms in total. The highest BCUT2D eigenvalue weighted by Gasteiger charge is 2.19. The molecule has 0 N–H and O–H groups in total. The predicted molar refractivity (Wildman–Crippen MR) is 217 cm³/mol. The van der Waals surface area contributed by atoms with Crippen molar-refractivity contribution in [3.8, 4) is 44.5 Å². The van der Waals surface area contributed by atoms with Crippen LogP contribution in [0.15, 0.2) is 186 Å². The molecule has 236 valence electrons. The molecule has 1 heteroatoms. The molecule has 0 saturated heterocycles. The molecule has 1 aromatic heterocycles. The highest BCUT2D eigenvalue weighted by molar-refractivity contribution is 6.25. The second kappa shape index (κ2) is 10.9. The second-order valence-corrected chi connectivity index (χ2v) is 13.6. The third kappa shape index (κ3) is 4.28. The average molecular weight is 647 g/mol. The van der Waals surface area contributed by atoms with Crippen molar-refractivity contribution in [2.45, 2.75) is 0 Å². The molecule has 0 aliphatic carbocycles. The number of furan rings is 1. The Morgan fingerprint density at radius 1 is 0.275 bits per heavy atom. The molecule has 0 saturated carbocycles. The molecule has 0 unspecified atom stereocenters. The van der Waals surface area contributed by atoms with E-state index >= 15 is 0 Å². The van der Waals surface area contributed by atoms with Crippen LogP contribution in [-0.4, -0.2) is 0 Å². The van der Waals surface area contributed by atoms with Crippen molar-refractivity contribution in [3.05, 3.63) is 182 Å². The quantitative estimate of drug-likeness (QED) is 0.137. The molecule has 0 spiro atoms. The van der Waals surface area contributed by atoms with Gasteiger partial charge in [0.2, 0.25) is 0 Å². The van der Waals surface area contributed by atoms with Gasteiger partial charge in [-0.15, -0.1) is 0 Å². The van der Waals surface area contributed by atoms with Gasteiger partial charge in [0.1, 0.15) is 11.2 Å². The van der Waals surface area contributed by atoms with Crippen LogP contribution in [0.3, 0.4) is 0 Å². The Morgan fingerprint density at radius 2 is 0.843 bits per heavy atom. The molecule has 0 aliphatic heterocycles. The molecule has 0 fully saturated rings. The number of rotatable bonds is 4. The molecule has 0 amide bonds. The number of fused-ring (bicyclic) bond motifs is 3. The predicted octanol–water partition coefficient (Wildman–Crippen LogP) is 14.3. The number of hydrogen-bond donors (Lipinski definition) is 0. The van der Waals surface area contributed by atoms with Gasteiger partial charge in [0, 0.05) is 10.8 Å². The normalized spacial score (nSPS) is 11.9. The van der Waals surface area contributed by atoms with E-state index in [0.717, 1.165) is 11.2 Å². The fourth-order valence-corrected chi connectivity index (χ4v) is 8.49. The molecule has 10 aromatic carbocycles. The summed E-state index contributed by atoms with van der Waals surface area (Å²) in [4.78, 5) is 0. The maximum Gasteiger partial charge on any atom is 0.136 e. The van der Waals surface area contributed by atoms with E-state index in [9.17, 15) is 0 Å². The number of benzene rings is 10. The summed E-state index contributed by atoms with van der Waals surface area (Å²) in [6.45, 7) is 0. The van der Waals surface area contributed by atoms with E-state index in [1.165, 1.54) is 98.4 Å². The van der Waals surface area contributed by atoms with Crippen molar-refractivity contribution in [1.29, 1.82) is 0 Å².